The van der Waals surface area contributed by atoms with E-state index in [2.05, 4.69) is 29.7 Å². The Kier molecular flexibility index (Phi) is 4.23. The van der Waals surface area contributed by atoms with Crippen molar-refractivity contribution in [2.24, 2.45) is 17.8 Å². The van der Waals surface area contributed by atoms with Gasteiger partial charge in [0.2, 0.25) is 0 Å². The number of amides is 1. The summed E-state index contributed by atoms with van der Waals surface area (Å²) in [5, 5.41) is 6.73. The number of hydrogen-bond donors (Lipinski definition) is 2. The molecule has 0 aromatic rings. The zero-order chi connectivity index (χ0) is 15.9. The van der Waals surface area contributed by atoms with Crippen molar-refractivity contribution in [3.8, 4) is 0 Å². The van der Waals surface area contributed by atoms with Crippen LogP contribution < -0.4 is 10.6 Å². The molecule has 2 N–H and O–H groups in total. The van der Waals surface area contributed by atoms with E-state index in [9.17, 15) is 4.79 Å². The molecular formula is C18H30N2O2. The predicted octanol–water partition coefficient (Wildman–Crippen LogP) is 3.23. The molecule has 0 aromatic heterocycles. The van der Waals surface area contributed by atoms with Gasteiger partial charge in [-0.25, -0.2) is 4.79 Å². The van der Waals surface area contributed by atoms with Gasteiger partial charge in [0.15, 0.2) is 0 Å². The van der Waals surface area contributed by atoms with Crippen molar-refractivity contribution in [1.29, 1.82) is 0 Å². The van der Waals surface area contributed by atoms with Crippen LogP contribution in [0.4, 0.5) is 4.79 Å². The molecule has 2 fully saturated rings. The summed E-state index contributed by atoms with van der Waals surface area (Å²) >= 11 is 0. The van der Waals surface area contributed by atoms with E-state index >= 15 is 0 Å². The molecule has 0 aliphatic heterocycles. The molecule has 3 aliphatic rings. The number of carbonyl (C=O) groups is 1. The van der Waals surface area contributed by atoms with Crippen LogP contribution in [-0.4, -0.2) is 29.8 Å². The van der Waals surface area contributed by atoms with Gasteiger partial charge >= 0.3 is 6.09 Å². The molecule has 4 atom stereocenters. The molecule has 22 heavy (non-hydrogen) atoms. The lowest BCUT2D eigenvalue weighted by Gasteiger charge is -2.40. The van der Waals surface area contributed by atoms with Crippen LogP contribution in [0.1, 0.15) is 53.4 Å². The highest BCUT2D eigenvalue weighted by Crippen LogP contribution is 2.45. The molecule has 4 heteroatoms. The van der Waals surface area contributed by atoms with E-state index in [-0.39, 0.29) is 12.1 Å². The van der Waals surface area contributed by atoms with Crippen molar-refractivity contribution in [3.63, 3.8) is 0 Å². The maximum atomic E-state index is 11.7. The number of hydrogen-bond acceptors (Lipinski definition) is 3. The maximum absolute atomic E-state index is 11.7. The number of allylic oxidation sites excluding steroid dienone is 2. The third-order valence-corrected chi connectivity index (χ3v) is 5.33. The Bertz CT molecular complexity index is 448. The van der Waals surface area contributed by atoms with Crippen LogP contribution in [0.3, 0.4) is 0 Å². The summed E-state index contributed by atoms with van der Waals surface area (Å²) in [6, 6.07) is 1.38. The number of carbonyl (C=O) groups excluding carboxylic acids is 1. The van der Waals surface area contributed by atoms with Crippen molar-refractivity contribution >= 4 is 6.09 Å². The normalized spacial score (nSPS) is 37.7. The van der Waals surface area contributed by atoms with Crippen molar-refractivity contribution in [2.45, 2.75) is 77.1 Å². The smallest absolute Gasteiger partial charge is 0.407 e. The third kappa shape index (κ3) is 3.65. The van der Waals surface area contributed by atoms with Gasteiger partial charge in [-0.15, -0.1) is 0 Å². The minimum absolute atomic E-state index is 0.263. The monoisotopic (exact) mass is 306 g/mol. The Morgan fingerprint density at radius 1 is 1.14 bits per heavy atom. The summed E-state index contributed by atoms with van der Waals surface area (Å²) in [4.78, 5) is 11.7. The molecule has 1 amide bonds. The molecule has 0 spiro atoms. The van der Waals surface area contributed by atoms with Gasteiger partial charge in [0.1, 0.15) is 5.60 Å². The Hall–Kier alpha value is -1.03. The van der Waals surface area contributed by atoms with Gasteiger partial charge < -0.3 is 15.4 Å². The van der Waals surface area contributed by atoms with Gasteiger partial charge in [-0.1, -0.05) is 12.2 Å². The van der Waals surface area contributed by atoms with Crippen molar-refractivity contribution in [3.05, 3.63) is 12.2 Å². The first-order chi connectivity index (χ1) is 10.3. The summed E-state index contributed by atoms with van der Waals surface area (Å²) < 4.78 is 5.30. The average Bonchev–Trinajstić information content (AvgIpc) is 2.95. The van der Waals surface area contributed by atoms with E-state index in [0.29, 0.717) is 12.1 Å². The van der Waals surface area contributed by atoms with Crippen LogP contribution in [-0.2, 0) is 4.74 Å². The summed E-state index contributed by atoms with van der Waals surface area (Å²) in [7, 11) is 0. The SMILES string of the molecule is CC(NC1CC(NC(=O)OC(C)(C)C)C1)C1CC2C=CC1C2. The molecule has 0 heterocycles. The molecule has 4 nitrogen and oxygen atoms in total. The van der Waals surface area contributed by atoms with Crippen molar-refractivity contribution in [1.82, 2.24) is 10.6 Å². The van der Waals surface area contributed by atoms with Crippen LogP contribution in [0.2, 0.25) is 0 Å². The molecule has 2 bridgehead atoms. The van der Waals surface area contributed by atoms with Gasteiger partial charge in [0.05, 0.1) is 0 Å². The van der Waals surface area contributed by atoms with E-state index in [4.69, 9.17) is 4.74 Å². The molecule has 0 aromatic carbocycles. The van der Waals surface area contributed by atoms with E-state index in [1.165, 1.54) is 12.8 Å². The number of alkyl carbamates (subject to hydrolysis) is 1. The minimum Gasteiger partial charge on any atom is -0.444 e. The third-order valence-electron chi connectivity index (χ3n) is 5.33. The summed E-state index contributed by atoms with van der Waals surface area (Å²) in [5.74, 6) is 2.43. The summed E-state index contributed by atoms with van der Waals surface area (Å²) in [5.41, 5.74) is -0.421. The number of ether oxygens (including phenoxy) is 1. The summed E-state index contributed by atoms with van der Waals surface area (Å²) in [6.07, 6.45) is 9.27. The molecule has 3 rings (SSSR count). The van der Waals surface area contributed by atoms with E-state index in [1.54, 1.807) is 0 Å². The first-order valence-corrected chi connectivity index (χ1v) is 8.74. The Balaban J connectivity index is 1.35. The quantitative estimate of drug-likeness (QED) is 0.784. The fraction of sp³-hybridized carbons (Fsp3) is 0.833. The van der Waals surface area contributed by atoms with Gasteiger partial charge in [0, 0.05) is 18.1 Å². The summed E-state index contributed by atoms with van der Waals surface area (Å²) in [6.45, 7) is 8.00. The lowest BCUT2D eigenvalue weighted by molar-refractivity contribution is 0.0460. The highest BCUT2D eigenvalue weighted by molar-refractivity contribution is 5.68. The van der Waals surface area contributed by atoms with E-state index in [1.807, 2.05) is 20.8 Å². The standard InChI is InChI=1S/C18H30N2O2/c1-11(16-8-12-5-6-13(16)7-12)19-14-9-15(10-14)20-17(21)22-18(2,3)4/h5-6,11-16,19H,7-10H2,1-4H3,(H,20,21). The zero-order valence-corrected chi connectivity index (χ0v) is 14.3. The molecule has 0 radical (unpaired) electrons. The van der Waals surface area contributed by atoms with Crippen LogP contribution in [0, 0.1) is 17.8 Å². The van der Waals surface area contributed by atoms with Crippen LogP contribution in [0.5, 0.6) is 0 Å². The largest absolute Gasteiger partial charge is 0.444 e. The van der Waals surface area contributed by atoms with Gasteiger partial charge in [-0.2, -0.15) is 0 Å². The first-order valence-electron chi connectivity index (χ1n) is 8.74. The Morgan fingerprint density at radius 2 is 1.86 bits per heavy atom. The maximum Gasteiger partial charge on any atom is 0.407 e. The number of nitrogens with one attached hydrogen (secondary N) is 2. The first kappa shape index (κ1) is 15.9. The Labute approximate surface area is 134 Å². The molecule has 4 unspecified atom stereocenters. The fourth-order valence-corrected chi connectivity index (χ4v) is 4.24. The van der Waals surface area contributed by atoms with Gasteiger partial charge in [-0.05, 0) is 71.1 Å². The number of rotatable bonds is 4. The second-order valence-corrected chi connectivity index (χ2v) is 8.41. The molecule has 2 saturated carbocycles. The molecular weight excluding hydrogens is 276 g/mol. The second kappa shape index (κ2) is 5.88. The fourth-order valence-electron chi connectivity index (χ4n) is 4.24. The van der Waals surface area contributed by atoms with Crippen LogP contribution in [0.25, 0.3) is 0 Å². The molecule has 124 valence electrons. The average molecular weight is 306 g/mol. The molecule has 0 saturated heterocycles. The van der Waals surface area contributed by atoms with Crippen LogP contribution >= 0.6 is 0 Å². The van der Waals surface area contributed by atoms with E-state index < -0.39 is 5.60 Å². The minimum atomic E-state index is -0.421. The highest BCUT2D eigenvalue weighted by atomic mass is 16.6. The Morgan fingerprint density at radius 3 is 2.41 bits per heavy atom. The molecule has 3 aliphatic carbocycles. The van der Waals surface area contributed by atoms with Gasteiger partial charge in [0.25, 0.3) is 0 Å². The van der Waals surface area contributed by atoms with E-state index in [0.717, 1.165) is 30.6 Å². The lowest BCUT2D eigenvalue weighted by atomic mass is 9.83. The van der Waals surface area contributed by atoms with Crippen molar-refractivity contribution < 1.29 is 9.53 Å². The predicted molar refractivity (Wildman–Crippen MR) is 87.6 cm³/mol. The number of fused-ring (bicyclic) bond motifs is 2. The van der Waals surface area contributed by atoms with Crippen LogP contribution in [0.15, 0.2) is 12.2 Å². The van der Waals surface area contributed by atoms with Crippen molar-refractivity contribution in [2.75, 3.05) is 0 Å². The lowest BCUT2D eigenvalue weighted by Crippen LogP contribution is -2.56. The second-order valence-electron chi connectivity index (χ2n) is 8.41. The van der Waals surface area contributed by atoms with Gasteiger partial charge in [-0.3, -0.25) is 0 Å². The highest BCUT2D eigenvalue weighted by Gasteiger charge is 2.40. The topological polar surface area (TPSA) is 50.4 Å². The zero-order valence-electron chi connectivity index (χ0n) is 14.3.